The number of carbonyl (C=O) groups is 1. The minimum atomic E-state index is -0.489. The number of anilines is 1. The van der Waals surface area contributed by atoms with Crippen LogP contribution in [0, 0.1) is 0 Å². The van der Waals surface area contributed by atoms with E-state index in [0.29, 0.717) is 5.56 Å². The van der Waals surface area contributed by atoms with Gasteiger partial charge in [0.1, 0.15) is 18.0 Å². The fraction of sp³-hybridized carbons (Fsp3) is 0.100. The summed E-state index contributed by atoms with van der Waals surface area (Å²) in [5.41, 5.74) is 7.80. The Morgan fingerprint density at radius 1 is 1.50 bits per heavy atom. The first-order valence-corrected chi connectivity index (χ1v) is 5.42. The summed E-state index contributed by atoms with van der Waals surface area (Å²) in [7, 11) is 0. The van der Waals surface area contributed by atoms with Crippen molar-refractivity contribution in [2.24, 2.45) is 5.10 Å². The molecule has 0 atom stereocenters. The normalized spacial score (nSPS) is 10.8. The van der Waals surface area contributed by atoms with E-state index in [2.05, 4.69) is 25.9 Å². The minimum Gasteiger partial charge on any atom is -0.508 e. The van der Waals surface area contributed by atoms with E-state index in [9.17, 15) is 9.90 Å². The number of nitrogens with two attached hydrogens (primary N) is 1. The number of nitrogens with zero attached hydrogens (tertiary/aromatic N) is 5. The quantitative estimate of drug-likeness (QED) is 0.405. The van der Waals surface area contributed by atoms with E-state index in [-0.39, 0.29) is 24.0 Å². The highest BCUT2D eigenvalue weighted by Crippen LogP contribution is 2.20. The first-order chi connectivity index (χ1) is 9.54. The number of phenols is 2. The van der Waals surface area contributed by atoms with Crippen molar-refractivity contribution in [1.29, 1.82) is 0 Å². The number of nitrogen functional groups attached to an aromatic ring is 1. The van der Waals surface area contributed by atoms with Gasteiger partial charge in [-0.2, -0.15) is 9.90 Å². The van der Waals surface area contributed by atoms with Crippen molar-refractivity contribution in [3.63, 3.8) is 0 Å². The van der Waals surface area contributed by atoms with Crippen molar-refractivity contribution in [2.45, 2.75) is 6.54 Å². The van der Waals surface area contributed by atoms with Gasteiger partial charge < -0.3 is 15.9 Å². The molecule has 0 aliphatic carbocycles. The third kappa shape index (κ3) is 3.41. The number of aromatic hydroxyl groups is 2. The second-order valence-electron chi connectivity index (χ2n) is 3.71. The van der Waals surface area contributed by atoms with Crippen LogP contribution in [0.3, 0.4) is 0 Å². The maximum absolute atomic E-state index is 11.5. The van der Waals surface area contributed by atoms with Gasteiger partial charge in [0.2, 0.25) is 0 Å². The Bertz CT molecular complexity index is 652. The molecule has 10 nitrogen and oxygen atoms in total. The highest BCUT2D eigenvalue weighted by Gasteiger charge is 2.05. The molecule has 2 rings (SSSR count). The van der Waals surface area contributed by atoms with Crippen LogP contribution in [0.2, 0.25) is 0 Å². The smallest absolute Gasteiger partial charge is 0.263 e. The molecule has 1 amide bonds. The summed E-state index contributed by atoms with van der Waals surface area (Å²) in [5, 5.41) is 32.8. The summed E-state index contributed by atoms with van der Waals surface area (Å²) in [6.45, 7) is -0.191. The van der Waals surface area contributed by atoms with Gasteiger partial charge in [-0.05, 0) is 17.3 Å². The Morgan fingerprint density at radius 2 is 2.30 bits per heavy atom. The van der Waals surface area contributed by atoms with Crippen molar-refractivity contribution in [2.75, 3.05) is 5.73 Å². The molecular formula is C10H11N7O3. The maximum atomic E-state index is 11.5. The van der Waals surface area contributed by atoms with E-state index in [4.69, 9.17) is 10.8 Å². The van der Waals surface area contributed by atoms with E-state index in [1.165, 1.54) is 18.3 Å². The number of amides is 1. The second-order valence-corrected chi connectivity index (χ2v) is 3.71. The molecule has 0 bridgehead atoms. The Balaban J connectivity index is 1.91. The SMILES string of the molecule is Nc1nnn(CC(=O)N/N=C/c2ccc(O)cc2O)n1. The van der Waals surface area contributed by atoms with Crippen LogP contribution in [0.25, 0.3) is 0 Å². The standard InChI is InChI=1S/C10H11N7O3/c11-10-14-16-17(15-10)5-9(20)13-12-4-6-1-2-7(18)3-8(6)19/h1-4,18-19H,5H2,(H2,11,15)(H,13,20)/b12-4+. The zero-order chi connectivity index (χ0) is 14.5. The fourth-order valence-corrected chi connectivity index (χ4v) is 1.30. The molecule has 0 saturated heterocycles. The average molecular weight is 277 g/mol. The maximum Gasteiger partial charge on any atom is 0.263 e. The molecule has 10 heteroatoms. The lowest BCUT2D eigenvalue weighted by Crippen LogP contribution is -2.24. The number of carbonyl (C=O) groups excluding carboxylic acids is 1. The number of tetrazole rings is 1. The van der Waals surface area contributed by atoms with Gasteiger partial charge in [0.05, 0.1) is 6.21 Å². The van der Waals surface area contributed by atoms with Gasteiger partial charge in [0.25, 0.3) is 11.9 Å². The number of hydrogen-bond acceptors (Lipinski definition) is 8. The molecule has 1 aromatic heterocycles. The first-order valence-electron chi connectivity index (χ1n) is 5.42. The Labute approximate surface area is 112 Å². The summed E-state index contributed by atoms with van der Waals surface area (Å²) in [6, 6.07) is 3.98. The lowest BCUT2D eigenvalue weighted by atomic mass is 10.2. The average Bonchev–Trinajstić information content (AvgIpc) is 2.77. The van der Waals surface area contributed by atoms with Gasteiger partial charge in [-0.15, -0.1) is 5.10 Å². The van der Waals surface area contributed by atoms with Crippen LogP contribution in [0.1, 0.15) is 5.56 Å². The number of aromatic nitrogens is 4. The number of benzene rings is 1. The van der Waals surface area contributed by atoms with Crippen molar-refractivity contribution < 1.29 is 15.0 Å². The second kappa shape index (κ2) is 5.65. The summed E-state index contributed by atoms with van der Waals surface area (Å²) in [4.78, 5) is 12.5. The van der Waals surface area contributed by atoms with Gasteiger partial charge in [0, 0.05) is 11.6 Å². The van der Waals surface area contributed by atoms with Gasteiger partial charge in [-0.25, -0.2) is 5.43 Å². The van der Waals surface area contributed by atoms with E-state index in [1.54, 1.807) is 0 Å². The lowest BCUT2D eigenvalue weighted by Gasteiger charge is -2.00. The highest BCUT2D eigenvalue weighted by molar-refractivity contribution is 5.85. The third-order valence-corrected chi connectivity index (χ3v) is 2.16. The molecule has 2 aromatic rings. The molecule has 20 heavy (non-hydrogen) atoms. The number of rotatable bonds is 4. The summed E-state index contributed by atoms with van der Waals surface area (Å²) in [6.07, 6.45) is 1.23. The molecule has 0 unspecified atom stereocenters. The fourth-order valence-electron chi connectivity index (χ4n) is 1.30. The molecule has 0 aliphatic heterocycles. The van der Waals surface area contributed by atoms with Crippen LogP contribution >= 0.6 is 0 Å². The molecule has 0 radical (unpaired) electrons. The predicted molar refractivity (Wildman–Crippen MR) is 67.7 cm³/mol. The van der Waals surface area contributed by atoms with Crippen LogP contribution < -0.4 is 11.2 Å². The molecule has 0 aliphatic rings. The summed E-state index contributed by atoms with van der Waals surface area (Å²) < 4.78 is 0. The van der Waals surface area contributed by atoms with Crippen molar-refractivity contribution in [3.05, 3.63) is 23.8 Å². The van der Waals surface area contributed by atoms with E-state index >= 15 is 0 Å². The first kappa shape index (κ1) is 13.3. The van der Waals surface area contributed by atoms with Crippen molar-refractivity contribution in [3.8, 4) is 11.5 Å². The number of hydrazone groups is 1. The highest BCUT2D eigenvalue weighted by atomic mass is 16.3. The molecular weight excluding hydrogens is 266 g/mol. The monoisotopic (exact) mass is 277 g/mol. The van der Waals surface area contributed by atoms with Crippen LogP contribution in [0.4, 0.5) is 5.95 Å². The van der Waals surface area contributed by atoms with Crippen molar-refractivity contribution in [1.82, 2.24) is 25.6 Å². The number of hydrogen-bond donors (Lipinski definition) is 4. The third-order valence-electron chi connectivity index (χ3n) is 2.16. The summed E-state index contributed by atoms with van der Waals surface area (Å²) in [5.74, 6) is -0.750. The number of phenolic OH excluding ortho intramolecular Hbond substituents is 2. The minimum absolute atomic E-state index is 0.0321. The molecule has 0 fully saturated rings. The zero-order valence-electron chi connectivity index (χ0n) is 10.1. The predicted octanol–water partition coefficient (Wildman–Crippen LogP) is -1.18. The van der Waals surface area contributed by atoms with Crippen molar-refractivity contribution >= 4 is 18.1 Å². The number of nitrogens with one attached hydrogen (secondary N) is 1. The van der Waals surface area contributed by atoms with E-state index in [0.717, 1.165) is 10.9 Å². The zero-order valence-corrected chi connectivity index (χ0v) is 10.1. The largest absolute Gasteiger partial charge is 0.508 e. The molecule has 0 saturated carbocycles. The van der Waals surface area contributed by atoms with Crippen LogP contribution in [-0.2, 0) is 11.3 Å². The van der Waals surface area contributed by atoms with E-state index in [1.807, 2.05) is 0 Å². The Kier molecular flexibility index (Phi) is 3.75. The molecule has 1 aromatic carbocycles. The molecule has 104 valence electrons. The lowest BCUT2D eigenvalue weighted by molar-refractivity contribution is -0.122. The van der Waals surface area contributed by atoms with Gasteiger partial charge in [-0.1, -0.05) is 5.10 Å². The summed E-state index contributed by atoms with van der Waals surface area (Å²) >= 11 is 0. The molecule has 1 heterocycles. The Morgan fingerprint density at radius 3 is 2.95 bits per heavy atom. The topological polar surface area (TPSA) is 152 Å². The Hall–Kier alpha value is -3.17. The van der Waals surface area contributed by atoms with E-state index < -0.39 is 5.91 Å². The van der Waals surface area contributed by atoms with Gasteiger partial charge >= 0.3 is 0 Å². The van der Waals surface area contributed by atoms with Gasteiger partial charge in [0.15, 0.2) is 0 Å². The molecule has 0 spiro atoms. The van der Waals surface area contributed by atoms with Gasteiger partial charge in [-0.3, -0.25) is 4.79 Å². The van der Waals surface area contributed by atoms with Crippen LogP contribution in [0.15, 0.2) is 23.3 Å². The van der Waals surface area contributed by atoms with Crippen LogP contribution in [0.5, 0.6) is 11.5 Å². The molecule has 5 N–H and O–H groups in total. The van der Waals surface area contributed by atoms with Crippen LogP contribution in [-0.4, -0.2) is 42.5 Å².